The zero-order chi connectivity index (χ0) is 18.5. The number of carbonyl (C=O) groups excluding carboxylic acids is 1. The number of benzene rings is 2. The van der Waals surface area contributed by atoms with Gasteiger partial charge in [0.25, 0.3) is 0 Å². The number of anilines is 1. The average Bonchev–Trinajstić information content (AvgIpc) is 3.04. The van der Waals surface area contributed by atoms with Gasteiger partial charge >= 0.3 is 6.01 Å². The minimum absolute atomic E-state index is 0.0782. The summed E-state index contributed by atoms with van der Waals surface area (Å²) in [6.45, 7) is 4.08. The number of thioether (sulfide) groups is 1. The molecule has 1 amide bonds. The fourth-order valence-corrected chi connectivity index (χ4v) is 3.12. The molecule has 0 aliphatic rings. The average molecular weight is 371 g/mol. The van der Waals surface area contributed by atoms with Crippen LogP contribution in [0.15, 0.2) is 51.8 Å². The van der Waals surface area contributed by atoms with Gasteiger partial charge in [0.05, 0.1) is 12.2 Å². The molecule has 0 saturated heterocycles. The molecule has 3 aromatic rings. The van der Waals surface area contributed by atoms with Gasteiger partial charge in [0.1, 0.15) is 5.82 Å². The molecular weight excluding hydrogens is 353 g/mol. The number of aryl methyl sites for hydroxylation is 2. The van der Waals surface area contributed by atoms with E-state index in [0.29, 0.717) is 12.3 Å². The monoisotopic (exact) mass is 371 g/mol. The van der Waals surface area contributed by atoms with Crippen LogP contribution in [0.4, 0.5) is 10.4 Å². The van der Waals surface area contributed by atoms with Crippen LogP contribution < -0.4 is 5.32 Å². The van der Waals surface area contributed by atoms with Crippen LogP contribution in [0.2, 0.25) is 0 Å². The van der Waals surface area contributed by atoms with Crippen molar-refractivity contribution < 1.29 is 13.6 Å². The predicted molar refractivity (Wildman–Crippen MR) is 98.8 cm³/mol. The molecule has 2 aromatic carbocycles. The summed E-state index contributed by atoms with van der Waals surface area (Å²) in [4.78, 5) is 12.8. The van der Waals surface area contributed by atoms with Gasteiger partial charge < -0.3 is 4.42 Å². The second-order valence-corrected chi connectivity index (χ2v) is 6.95. The number of nitrogens with one attached hydrogen (secondary N) is 1. The first-order valence-electron chi connectivity index (χ1n) is 8.06. The number of carbonyl (C=O) groups is 1. The van der Waals surface area contributed by atoms with E-state index in [-0.39, 0.29) is 23.5 Å². The second-order valence-electron chi connectivity index (χ2n) is 5.90. The van der Waals surface area contributed by atoms with E-state index in [4.69, 9.17) is 4.42 Å². The third-order valence-corrected chi connectivity index (χ3v) is 4.75. The van der Waals surface area contributed by atoms with E-state index in [1.807, 2.05) is 26.0 Å². The predicted octanol–water partition coefficient (Wildman–Crippen LogP) is 4.15. The molecule has 0 radical (unpaired) electrons. The van der Waals surface area contributed by atoms with Crippen LogP contribution in [0.5, 0.6) is 0 Å². The van der Waals surface area contributed by atoms with Gasteiger partial charge in [0.2, 0.25) is 11.8 Å². The molecule has 1 heterocycles. The van der Waals surface area contributed by atoms with Crippen molar-refractivity contribution in [1.29, 1.82) is 0 Å². The van der Waals surface area contributed by atoms with Crippen molar-refractivity contribution in [2.45, 2.75) is 25.2 Å². The van der Waals surface area contributed by atoms with Gasteiger partial charge in [0.15, 0.2) is 0 Å². The van der Waals surface area contributed by atoms with Crippen LogP contribution in [0, 0.1) is 19.7 Å². The topological polar surface area (TPSA) is 68.0 Å². The lowest BCUT2D eigenvalue weighted by atomic mass is 10.0. The minimum atomic E-state index is -0.305. The molecule has 0 unspecified atom stereocenters. The fraction of sp³-hybridized carbons (Fsp3) is 0.211. The largest absolute Gasteiger partial charge is 0.407 e. The molecule has 0 spiro atoms. The van der Waals surface area contributed by atoms with Crippen LogP contribution in [0.25, 0.3) is 0 Å². The van der Waals surface area contributed by atoms with E-state index in [1.54, 1.807) is 12.1 Å². The number of amides is 1. The van der Waals surface area contributed by atoms with E-state index in [9.17, 15) is 9.18 Å². The Kier molecular flexibility index (Phi) is 5.68. The van der Waals surface area contributed by atoms with Crippen LogP contribution in [0.1, 0.15) is 22.6 Å². The molecule has 7 heteroatoms. The van der Waals surface area contributed by atoms with E-state index in [0.717, 1.165) is 16.0 Å². The molecule has 0 aliphatic carbocycles. The first kappa shape index (κ1) is 18.1. The first-order valence-corrected chi connectivity index (χ1v) is 9.05. The summed E-state index contributed by atoms with van der Waals surface area (Å²) >= 11 is 1.30. The molecule has 0 bridgehead atoms. The summed E-state index contributed by atoms with van der Waals surface area (Å²) < 4.78 is 18.4. The Hall–Kier alpha value is -2.67. The van der Waals surface area contributed by atoms with Crippen molar-refractivity contribution >= 4 is 23.7 Å². The summed E-state index contributed by atoms with van der Waals surface area (Å²) in [5, 5.41) is 10.4. The maximum absolute atomic E-state index is 12.9. The zero-order valence-corrected chi connectivity index (χ0v) is 15.3. The molecule has 5 nitrogen and oxygen atoms in total. The number of halogens is 1. The minimum Gasteiger partial charge on any atom is -0.407 e. The number of nitrogens with zero attached hydrogens (tertiary/aromatic N) is 2. The highest BCUT2D eigenvalue weighted by Crippen LogP contribution is 2.19. The zero-order valence-electron chi connectivity index (χ0n) is 14.5. The summed E-state index contributed by atoms with van der Waals surface area (Å²) in [7, 11) is 0. The molecular formula is C19H18FN3O2S. The van der Waals surface area contributed by atoms with Crippen molar-refractivity contribution in [1.82, 2.24) is 10.2 Å². The third kappa shape index (κ3) is 4.92. The van der Waals surface area contributed by atoms with Gasteiger partial charge in [0, 0.05) is 4.90 Å². The molecule has 26 heavy (non-hydrogen) atoms. The van der Waals surface area contributed by atoms with Crippen LogP contribution in [0.3, 0.4) is 0 Å². The summed E-state index contributed by atoms with van der Waals surface area (Å²) in [5.74, 6) is 0.0425. The number of hydrogen-bond donors (Lipinski definition) is 1. The van der Waals surface area contributed by atoms with Crippen molar-refractivity contribution in [3.63, 3.8) is 0 Å². The van der Waals surface area contributed by atoms with Gasteiger partial charge in [-0.15, -0.1) is 16.9 Å². The highest BCUT2D eigenvalue weighted by molar-refractivity contribution is 8.00. The Morgan fingerprint density at radius 3 is 2.65 bits per heavy atom. The molecule has 134 valence electrons. The number of rotatable bonds is 6. The fourth-order valence-electron chi connectivity index (χ4n) is 2.42. The van der Waals surface area contributed by atoms with Crippen molar-refractivity contribution in [3.05, 3.63) is 70.9 Å². The van der Waals surface area contributed by atoms with E-state index < -0.39 is 0 Å². The molecule has 0 aliphatic heterocycles. The van der Waals surface area contributed by atoms with Gasteiger partial charge in [-0.05, 0) is 49.2 Å². The van der Waals surface area contributed by atoms with Crippen LogP contribution >= 0.6 is 11.8 Å². The maximum Gasteiger partial charge on any atom is 0.322 e. The summed E-state index contributed by atoms with van der Waals surface area (Å²) in [6, 6.07) is 12.2. The Morgan fingerprint density at radius 1 is 1.15 bits per heavy atom. The third-order valence-electron chi connectivity index (χ3n) is 3.74. The van der Waals surface area contributed by atoms with Crippen molar-refractivity contribution in [2.75, 3.05) is 11.1 Å². The standard InChI is InChI=1S/C19H18FN3O2S/c1-12-3-4-14(13(2)9-12)10-18-22-23-19(25-18)21-17(24)11-26-16-7-5-15(20)6-8-16/h3-9H,10-11H2,1-2H3,(H,21,23,24). The SMILES string of the molecule is Cc1ccc(Cc2nnc(NC(=O)CSc3ccc(F)cc3)o2)c(C)c1. The van der Waals surface area contributed by atoms with Crippen LogP contribution in [-0.4, -0.2) is 21.9 Å². The van der Waals surface area contributed by atoms with E-state index >= 15 is 0 Å². The Bertz CT molecular complexity index is 909. The lowest BCUT2D eigenvalue weighted by molar-refractivity contribution is -0.113. The molecule has 0 saturated carbocycles. The lowest BCUT2D eigenvalue weighted by Crippen LogP contribution is -2.14. The smallest absolute Gasteiger partial charge is 0.322 e. The van der Waals surface area contributed by atoms with Gasteiger partial charge in [-0.25, -0.2) is 4.39 Å². The Balaban J connectivity index is 1.54. The quantitative estimate of drug-likeness (QED) is 0.660. The molecule has 0 atom stereocenters. The number of hydrogen-bond acceptors (Lipinski definition) is 5. The Labute approximate surface area is 155 Å². The summed E-state index contributed by atoms with van der Waals surface area (Å²) in [5.41, 5.74) is 3.46. The van der Waals surface area contributed by atoms with Gasteiger partial charge in [-0.1, -0.05) is 28.9 Å². The van der Waals surface area contributed by atoms with Crippen molar-refractivity contribution in [2.24, 2.45) is 0 Å². The van der Waals surface area contributed by atoms with Gasteiger partial charge in [-0.3, -0.25) is 10.1 Å². The second kappa shape index (κ2) is 8.14. The highest BCUT2D eigenvalue weighted by atomic mass is 32.2. The molecule has 1 N–H and O–H groups in total. The van der Waals surface area contributed by atoms with Crippen LogP contribution in [-0.2, 0) is 11.2 Å². The normalized spacial score (nSPS) is 10.7. The first-order chi connectivity index (χ1) is 12.5. The highest BCUT2D eigenvalue weighted by Gasteiger charge is 2.12. The maximum atomic E-state index is 12.9. The lowest BCUT2D eigenvalue weighted by Gasteiger charge is -2.04. The van der Waals surface area contributed by atoms with E-state index in [2.05, 4.69) is 21.6 Å². The molecule has 0 fully saturated rings. The molecule has 1 aromatic heterocycles. The Morgan fingerprint density at radius 2 is 1.92 bits per heavy atom. The number of aromatic nitrogens is 2. The van der Waals surface area contributed by atoms with E-state index in [1.165, 1.54) is 29.5 Å². The van der Waals surface area contributed by atoms with Gasteiger partial charge in [-0.2, -0.15) is 0 Å². The summed E-state index contributed by atoms with van der Waals surface area (Å²) in [6.07, 6.45) is 0.513. The molecule has 3 rings (SSSR count). The van der Waals surface area contributed by atoms with Crippen molar-refractivity contribution in [3.8, 4) is 0 Å².